The molecule has 4 N–H and O–H groups in total. The number of fused-ring (bicyclic) bond motifs is 2. The van der Waals surface area contributed by atoms with Crippen LogP contribution in [-0.2, 0) is 17.8 Å². The van der Waals surface area contributed by atoms with Crippen molar-refractivity contribution < 1.29 is 28.0 Å². The van der Waals surface area contributed by atoms with Crippen molar-refractivity contribution in [1.29, 1.82) is 0 Å². The van der Waals surface area contributed by atoms with E-state index in [4.69, 9.17) is 39.0 Å². The van der Waals surface area contributed by atoms with Gasteiger partial charge < -0.3 is 20.9 Å². The van der Waals surface area contributed by atoms with Gasteiger partial charge in [0.25, 0.3) is 17.7 Å². The number of hydrogen-bond acceptors (Lipinski definition) is 10. The third kappa shape index (κ3) is 8.45. The number of nitrogens with zero attached hydrogens (tertiary/aromatic N) is 8. The predicted molar refractivity (Wildman–Crippen MR) is 244 cm³/mol. The van der Waals surface area contributed by atoms with Gasteiger partial charge in [-0.1, -0.05) is 54.6 Å². The Balaban J connectivity index is 0.00000171. The second kappa shape index (κ2) is 17.5. The van der Waals surface area contributed by atoms with Crippen molar-refractivity contribution >= 4 is 75.5 Å². The number of aromatic nitrogens is 4. The molecule has 0 atom stereocenters. The van der Waals surface area contributed by atoms with Crippen molar-refractivity contribution in [1.82, 2.24) is 34.7 Å². The number of amides is 5. The number of piperidine rings is 2. The first-order valence-corrected chi connectivity index (χ1v) is 22.6. The molecule has 5 aromatic rings. The van der Waals surface area contributed by atoms with E-state index in [0.717, 1.165) is 16.8 Å². The molecule has 19 heteroatoms. The number of halogens is 4. The lowest BCUT2D eigenvalue weighted by Gasteiger charge is -2.51. The number of rotatable bonds is 8. The van der Waals surface area contributed by atoms with Crippen LogP contribution in [0, 0.1) is 12.3 Å². The van der Waals surface area contributed by atoms with E-state index < -0.39 is 29.8 Å². The molecule has 15 nitrogen and oxygen atoms in total. The number of hydrogen-bond donors (Lipinski definition) is 3. The number of nitrogens with one attached hydrogen (secondary N) is 2. The zero-order valence-electron chi connectivity index (χ0n) is 36.1. The number of nitrogens with two attached hydrogens (primary N) is 1. The summed E-state index contributed by atoms with van der Waals surface area (Å²) < 4.78 is 34.0. The maximum Gasteiger partial charge on any atom is 0.328 e. The first-order chi connectivity index (χ1) is 31.2. The summed E-state index contributed by atoms with van der Waals surface area (Å²) in [5.41, 5.74) is 11.0. The minimum absolute atomic E-state index is 0.0967. The number of likely N-dealkylation sites (tertiary alicyclic amines) is 2. The van der Waals surface area contributed by atoms with Gasteiger partial charge in [-0.25, -0.2) is 23.1 Å². The summed E-state index contributed by atoms with van der Waals surface area (Å²) in [6.07, 6.45) is 8.93. The molecule has 3 aromatic heterocycles. The normalized spacial score (nSPS) is 18.9. The van der Waals surface area contributed by atoms with E-state index in [1.807, 2.05) is 24.3 Å². The number of anilines is 4. The Kier molecular flexibility index (Phi) is 11.9. The van der Waals surface area contributed by atoms with E-state index >= 15 is 8.78 Å². The zero-order chi connectivity index (χ0) is 45.8. The molecule has 4 fully saturated rings. The Morgan fingerprint density at radius 1 is 0.908 bits per heavy atom. The number of aryl methyl sites for hydroxylation is 1. The summed E-state index contributed by atoms with van der Waals surface area (Å²) in [4.78, 5) is 65.9. The third-order valence-electron chi connectivity index (χ3n) is 13.1. The highest BCUT2D eigenvalue weighted by atomic mass is 35.5. The Labute approximate surface area is 384 Å². The maximum atomic E-state index is 16.3. The van der Waals surface area contributed by atoms with Crippen molar-refractivity contribution in [2.24, 2.45) is 11.1 Å². The molecule has 1 aliphatic carbocycles. The topological polar surface area (TPSA) is 174 Å². The molecular weight excluding hydrogens is 879 g/mol. The third-order valence-corrected chi connectivity index (χ3v) is 13.9. The predicted octanol–water partition coefficient (Wildman–Crippen LogP) is 7.62. The lowest BCUT2D eigenvalue weighted by Crippen LogP contribution is -2.59. The van der Waals surface area contributed by atoms with Gasteiger partial charge in [-0.2, -0.15) is 0 Å². The number of benzene rings is 2. The fourth-order valence-corrected chi connectivity index (χ4v) is 9.87. The molecule has 1 saturated carbocycles. The fraction of sp³-hybridized carbons (Fsp3) is 0.413. The lowest BCUT2D eigenvalue weighted by molar-refractivity contribution is -0.186. The highest BCUT2D eigenvalue weighted by molar-refractivity contribution is 6.35. The highest BCUT2D eigenvalue weighted by Gasteiger charge is 2.57. The van der Waals surface area contributed by atoms with Crippen LogP contribution >= 0.6 is 23.2 Å². The Hall–Kier alpha value is -5.91. The molecule has 0 unspecified atom stereocenters. The summed E-state index contributed by atoms with van der Waals surface area (Å²) in [5, 5.41) is 10.8. The summed E-state index contributed by atoms with van der Waals surface area (Å²) in [7, 11) is 1.77. The molecule has 5 aliphatic rings. The molecule has 0 radical (unpaired) electrons. The minimum Gasteiger partial charge on any atom is -0.385 e. The van der Waals surface area contributed by atoms with E-state index in [-0.39, 0.29) is 69.4 Å². The summed E-state index contributed by atoms with van der Waals surface area (Å²) in [5.74, 6) is -3.77. The number of imide groups is 1. The molecule has 10 rings (SSSR count). The molecule has 4 aliphatic heterocycles. The monoisotopic (exact) mass is 927 g/mol. The van der Waals surface area contributed by atoms with Gasteiger partial charge in [-0.3, -0.25) is 34.5 Å². The van der Waals surface area contributed by atoms with Gasteiger partial charge in [0.05, 0.1) is 39.9 Å². The summed E-state index contributed by atoms with van der Waals surface area (Å²) in [6, 6.07) is 12.1. The first-order valence-electron chi connectivity index (χ1n) is 21.9. The first kappa shape index (κ1) is 44.3. The summed E-state index contributed by atoms with van der Waals surface area (Å²) in [6.45, 7) is 3.04. The second-order valence-electron chi connectivity index (χ2n) is 17.5. The molecule has 5 amide bonds. The van der Waals surface area contributed by atoms with Crippen LogP contribution < -0.4 is 26.2 Å². The fourth-order valence-electron chi connectivity index (χ4n) is 9.37. The van der Waals surface area contributed by atoms with Crippen LogP contribution in [0.2, 0.25) is 10.0 Å². The minimum atomic E-state index is -3.01. The van der Waals surface area contributed by atoms with Gasteiger partial charge in [0.15, 0.2) is 11.5 Å². The SMILES string of the molecule is C1CC1.CNc1cc(N2CCc3c(-c4ncc(CN5CCC6(CCN(C(=O)c7cc(C)c(Cl)c(N8CCC(=O)NC8=O)c7)CC6)C(F)(F)C5)cc4Cl)cccc32)nn2c(C(N)=O)cnc12. The molecule has 0 bridgehead atoms. The van der Waals surface area contributed by atoms with Crippen LogP contribution in [0.5, 0.6) is 0 Å². The molecule has 7 heterocycles. The Morgan fingerprint density at radius 3 is 2.32 bits per heavy atom. The second-order valence-corrected chi connectivity index (χ2v) is 18.3. The van der Waals surface area contributed by atoms with Crippen molar-refractivity contribution in [3.63, 3.8) is 0 Å². The summed E-state index contributed by atoms with van der Waals surface area (Å²) >= 11 is 13.5. The van der Waals surface area contributed by atoms with Gasteiger partial charge in [0.1, 0.15) is 5.69 Å². The lowest BCUT2D eigenvalue weighted by atomic mass is 9.68. The van der Waals surface area contributed by atoms with Crippen LogP contribution in [0.15, 0.2) is 54.9 Å². The Morgan fingerprint density at radius 2 is 1.65 bits per heavy atom. The van der Waals surface area contributed by atoms with E-state index in [9.17, 15) is 19.2 Å². The van der Waals surface area contributed by atoms with Crippen molar-refractivity contribution in [3.05, 3.63) is 92.9 Å². The van der Waals surface area contributed by atoms with E-state index in [2.05, 4.69) is 20.5 Å². The maximum absolute atomic E-state index is 16.3. The quantitative estimate of drug-likeness (QED) is 0.141. The van der Waals surface area contributed by atoms with E-state index in [1.54, 1.807) is 42.1 Å². The van der Waals surface area contributed by atoms with Gasteiger partial charge >= 0.3 is 6.03 Å². The van der Waals surface area contributed by atoms with Gasteiger partial charge in [0.2, 0.25) is 5.91 Å². The number of carbonyl (C=O) groups is 4. The van der Waals surface area contributed by atoms with E-state index in [1.165, 1.54) is 40.9 Å². The van der Waals surface area contributed by atoms with E-state index in [0.29, 0.717) is 74.8 Å². The standard InChI is InChI=1S/C43H43Cl2F2N11O4.C3H6/c1-24-16-26(18-32(36(24)45)57-12-7-35(59)52-41(57)62)40(61)55-14-9-42(10-15-55)8-13-54(23-43(42,46)47)22-25-17-29(44)37(50-20-25)28-4-3-5-31-27(28)6-11-56(31)34-19-30(49-2)39-51-21-33(38(48)60)58(39)53-34;1-2-3-1/h3-5,16-21,49H,6-15,22-23H2,1-2H3,(H2,48,60)(H,52,59,62);1-3H2. The van der Waals surface area contributed by atoms with Crippen LogP contribution in [0.25, 0.3) is 16.9 Å². The highest BCUT2D eigenvalue weighted by Crippen LogP contribution is 2.51. The largest absolute Gasteiger partial charge is 0.385 e. The molecule has 340 valence electrons. The van der Waals surface area contributed by atoms with Crippen LogP contribution in [-0.4, -0.2) is 105 Å². The van der Waals surface area contributed by atoms with Crippen molar-refractivity contribution in [2.45, 2.75) is 70.8 Å². The van der Waals surface area contributed by atoms with Gasteiger partial charge in [0, 0.05) is 80.7 Å². The molecule has 1 spiro atoms. The average Bonchev–Trinajstić information content (AvgIpc) is 4.00. The van der Waals surface area contributed by atoms with Gasteiger partial charge in [-0.15, -0.1) is 5.10 Å². The molecule has 3 saturated heterocycles. The zero-order valence-corrected chi connectivity index (χ0v) is 37.6. The molecule has 65 heavy (non-hydrogen) atoms. The smallest absolute Gasteiger partial charge is 0.328 e. The molecular formula is C46H49Cl2F2N11O4. The van der Waals surface area contributed by atoms with Crippen molar-refractivity contribution in [3.8, 4) is 11.3 Å². The van der Waals surface area contributed by atoms with Crippen molar-refractivity contribution in [2.75, 3.05) is 61.4 Å². The number of alkyl halides is 2. The number of urea groups is 1. The van der Waals surface area contributed by atoms with Crippen LogP contribution in [0.4, 0.5) is 36.5 Å². The number of imidazole rings is 1. The number of carbonyl (C=O) groups excluding carboxylic acids is 4. The number of primary amides is 1. The van der Waals surface area contributed by atoms with Crippen LogP contribution in [0.3, 0.4) is 0 Å². The number of pyridine rings is 1. The Bertz CT molecular complexity index is 2740. The van der Waals surface area contributed by atoms with Crippen LogP contribution in [0.1, 0.15) is 82.5 Å². The molecule has 2 aromatic carbocycles. The average molecular weight is 929 g/mol. The van der Waals surface area contributed by atoms with Gasteiger partial charge in [-0.05, 0) is 80.1 Å².